The Labute approximate surface area is 59.0 Å². The van der Waals surface area contributed by atoms with E-state index in [0.717, 1.165) is 12.8 Å². The molecular weight excluding hydrogens is 110 g/mol. The van der Waals surface area contributed by atoms with Crippen molar-refractivity contribution in [2.45, 2.75) is 37.7 Å². The fourth-order valence-corrected chi connectivity index (χ4v) is 1.04. The Morgan fingerprint density at radius 2 is 2.00 bits per heavy atom. The molecule has 0 aliphatic carbocycles. The molecule has 0 saturated carbocycles. The zero-order chi connectivity index (χ0) is 6.85. The molecule has 1 saturated heterocycles. The highest BCUT2D eigenvalue weighted by molar-refractivity contribution is 6.13. The Morgan fingerprint density at radius 1 is 1.33 bits per heavy atom. The van der Waals surface area contributed by atoms with Crippen LogP contribution in [0.3, 0.4) is 0 Å². The van der Waals surface area contributed by atoms with E-state index in [0.29, 0.717) is 0 Å². The summed E-state index contributed by atoms with van der Waals surface area (Å²) in [5, 5.41) is 0. The molecule has 0 spiro atoms. The van der Waals surface area contributed by atoms with Gasteiger partial charge in [-0.1, -0.05) is 12.2 Å². The highest BCUT2D eigenvalue weighted by Gasteiger charge is 2.20. The Hall–Kier alpha value is 0.0899. The number of rotatable bonds is 0. The average Bonchev–Trinajstić information content (AvgIpc) is 1.80. The molecule has 0 aromatic rings. The van der Waals surface area contributed by atoms with Crippen LogP contribution in [0, 0.1) is 0 Å². The van der Waals surface area contributed by atoms with E-state index in [4.69, 9.17) is 20.4 Å². The zero-order valence-corrected chi connectivity index (χ0v) is 5.71. The van der Waals surface area contributed by atoms with E-state index in [2.05, 4.69) is 0 Å². The second kappa shape index (κ2) is 2.78. The normalized spacial score (nSPS) is 44.8. The van der Waals surface area contributed by atoms with Gasteiger partial charge in [0.2, 0.25) is 0 Å². The third kappa shape index (κ3) is 1.75. The molecule has 0 bridgehead atoms. The number of ether oxygens (including phenoxy) is 1. The van der Waals surface area contributed by atoms with Crippen LogP contribution in [0.25, 0.3) is 0 Å². The van der Waals surface area contributed by atoms with E-state index in [1.54, 1.807) is 0 Å². The van der Waals surface area contributed by atoms with Crippen LogP contribution in [0.4, 0.5) is 0 Å². The Bertz CT molecular complexity index is 97.1. The van der Waals surface area contributed by atoms with E-state index >= 15 is 0 Å². The van der Waals surface area contributed by atoms with Crippen LogP contribution in [-0.4, -0.2) is 27.8 Å². The second-order valence-electron chi connectivity index (χ2n) is 2.62. The Balaban J connectivity index is 2.35. The van der Waals surface area contributed by atoms with Gasteiger partial charge in [0.15, 0.2) is 0 Å². The lowest BCUT2D eigenvalue weighted by Crippen LogP contribution is -2.30. The quantitative estimate of drug-likeness (QED) is 0.426. The lowest BCUT2D eigenvalue weighted by atomic mass is 9.74. The van der Waals surface area contributed by atoms with Gasteiger partial charge in [0, 0.05) is 12.1 Å². The van der Waals surface area contributed by atoms with Crippen molar-refractivity contribution >= 4 is 15.7 Å². The Morgan fingerprint density at radius 3 is 2.44 bits per heavy atom. The summed E-state index contributed by atoms with van der Waals surface area (Å²) in [5.41, 5.74) is 0. The van der Waals surface area contributed by atoms with Gasteiger partial charge in [-0.3, -0.25) is 0 Å². The summed E-state index contributed by atoms with van der Waals surface area (Å²) in [7, 11) is 11.2. The minimum absolute atomic E-state index is 0.0835. The first-order chi connectivity index (χ1) is 4.20. The SMILES string of the molecule is [B]C1CCC([B])C(C)O1. The van der Waals surface area contributed by atoms with Crippen molar-refractivity contribution in [3.8, 4) is 0 Å². The third-order valence-electron chi connectivity index (χ3n) is 1.78. The molecule has 1 aliphatic rings. The molecule has 0 aromatic heterocycles. The zero-order valence-electron chi connectivity index (χ0n) is 5.71. The molecular formula is C6H10B2O. The summed E-state index contributed by atoms with van der Waals surface area (Å²) in [5.74, 6) is 0.185. The van der Waals surface area contributed by atoms with Gasteiger partial charge in [-0.2, -0.15) is 0 Å². The highest BCUT2D eigenvalue weighted by Crippen LogP contribution is 2.24. The lowest BCUT2D eigenvalue weighted by molar-refractivity contribution is 0.00436. The maximum Gasteiger partial charge on any atom is 0.108 e. The van der Waals surface area contributed by atoms with Gasteiger partial charge in [-0.25, -0.2) is 0 Å². The number of hydrogen-bond acceptors (Lipinski definition) is 1. The first-order valence-corrected chi connectivity index (χ1v) is 3.37. The summed E-state index contributed by atoms with van der Waals surface area (Å²) in [6, 6.07) is -0.0835. The summed E-state index contributed by atoms with van der Waals surface area (Å²) in [6.07, 6.45) is 2.02. The molecule has 3 atom stereocenters. The van der Waals surface area contributed by atoms with E-state index < -0.39 is 0 Å². The molecule has 3 unspecified atom stereocenters. The van der Waals surface area contributed by atoms with Crippen LogP contribution in [0.5, 0.6) is 0 Å². The van der Waals surface area contributed by atoms with Crippen molar-refractivity contribution in [2.75, 3.05) is 0 Å². The summed E-state index contributed by atoms with van der Waals surface area (Å²) in [6.45, 7) is 1.96. The Kier molecular flexibility index (Phi) is 2.23. The molecule has 3 heteroatoms. The predicted molar refractivity (Wildman–Crippen MR) is 38.8 cm³/mol. The van der Waals surface area contributed by atoms with Gasteiger partial charge in [0.25, 0.3) is 0 Å². The predicted octanol–water partition coefficient (Wildman–Crippen LogP) is 0.637. The van der Waals surface area contributed by atoms with Gasteiger partial charge in [-0.05, 0) is 13.3 Å². The van der Waals surface area contributed by atoms with Gasteiger partial charge in [-0.15, -0.1) is 0 Å². The molecule has 1 aliphatic heterocycles. The molecule has 1 fully saturated rings. The average molecular weight is 120 g/mol. The van der Waals surface area contributed by atoms with E-state index in [1.807, 2.05) is 6.92 Å². The second-order valence-corrected chi connectivity index (χ2v) is 2.62. The van der Waals surface area contributed by atoms with Gasteiger partial charge >= 0.3 is 0 Å². The van der Waals surface area contributed by atoms with Gasteiger partial charge in [0.1, 0.15) is 7.85 Å². The molecule has 0 N–H and O–H groups in total. The van der Waals surface area contributed by atoms with Crippen LogP contribution < -0.4 is 0 Å². The monoisotopic (exact) mass is 120 g/mol. The van der Waals surface area contributed by atoms with Crippen molar-refractivity contribution in [1.29, 1.82) is 0 Å². The molecule has 0 amide bonds. The third-order valence-corrected chi connectivity index (χ3v) is 1.78. The lowest BCUT2D eigenvalue weighted by Gasteiger charge is -2.31. The van der Waals surface area contributed by atoms with E-state index in [-0.39, 0.29) is 17.9 Å². The standard InChI is InChI=1S/C6H10B2O/c1-4-5(7)2-3-6(8)9-4/h4-6H,2-3H2,1H3. The molecule has 46 valence electrons. The fraction of sp³-hybridized carbons (Fsp3) is 1.00. The van der Waals surface area contributed by atoms with Gasteiger partial charge in [0.05, 0.1) is 7.85 Å². The summed E-state index contributed by atoms with van der Waals surface area (Å²) >= 11 is 0. The molecule has 9 heavy (non-hydrogen) atoms. The van der Waals surface area contributed by atoms with Crippen molar-refractivity contribution in [3.63, 3.8) is 0 Å². The van der Waals surface area contributed by atoms with E-state index in [1.165, 1.54) is 0 Å². The van der Waals surface area contributed by atoms with E-state index in [9.17, 15) is 0 Å². The van der Waals surface area contributed by atoms with Crippen molar-refractivity contribution in [1.82, 2.24) is 0 Å². The minimum atomic E-state index is -0.0835. The maximum absolute atomic E-state index is 5.66. The first-order valence-electron chi connectivity index (χ1n) is 3.37. The number of hydrogen-bond donors (Lipinski definition) is 0. The molecule has 0 aromatic carbocycles. The largest absolute Gasteiger partial charge is 0.386 e. The molecule has 1 heterocycles. The van der Waals surface area contributed by atoms with Crippen LogP contribution in [0.1, 0.15) is 19.8 Å². The van der Waals surface area contributed by atoms with Crippen molar-refractivity contribution < 1.29 is 4.74 Å². The minimum Gasteiger partial charge on any atom is -0.386 e. The first kappa shape index (κ1) is 7.20. The van der Waals surface area contributed by atoms with Crippen molar-refractivity contribution in [3.05, 3.63) is 0 Å². The molecule has 1 nitrogen and oxygen atoms in total. The molecule has 1 rings (SSSR count). The topological polar surface area (TPSA) is 9.23 Å². The van der Waals surface area contributed by atoms with Crippen LogP contribution in [-0.2, 0) is 4.74 Å². The summed E-state index contributed by atoms with van der Waals surface area (Å²) < 4.78 is 5.25. The van der Waals surface area contributed by atoms with Crippen LogP contribution in [0.2, 0.25) is 5.82 Å². The summed E-state index contributed by atoms with van der Waals surface area (Å²) in [4.78, 5) is 0. The smallest absolute Gasteiger partial charge is 0.108 e. The van der Waals surface area contributed by atoms with Crippen LogP contribution >= 0.6 is 0 Å². The van der Waals surface area contributed by atoms with Crippen molar-refractivity contribution in [2.24, 2.45) is 0 Å². The molecule has 4 radical (unpaired) electrons. The van der Waals surface area contributed by atoms with Gasteiger partial charge < -0.3 is 4.74 Å². The maximum atomic E-state index is 5.66. The fourth-order valence-electron chi connectivity index (χ4n) is 1.04. The highest BCUT2D eigenvalue weighted by atomic mass is 16.5. The van der Waals surface area contributed by atoms with Crippen LogP contribution in [0.15, 0.2) is 0 Å².